The van der Waals surface area contributed by atoms with Gasteiger partial charge in [0, 0.05) is 23.5 Å². The Morgan fingerprint density at radius 3 is 2.44 bits per heavy atom. The molecule has 0 fully saturated rings. The predicted molar refractivity (Wildman–Crippen MR) is 102 cm³/mol. The average Bonchev–Trinajstić information content (AvgIpc) is 2.87. The molecule has 1 aromatic heterocycles. The fraction of sp³-hybridized carbons (Fsp3) is 0.421. The first kappa shape index (κ1) is 19.1. The lowest BCUT2D eigenvalue weighted by atomic mass is 10.1. The number of carbonyl (C=O) groups is 2. The summed E-state index contributed by atoms with van der Waals surface area (Å²) in [7, 11) is 1.65. The van der Waals surface area contributed by atoms with Gasteiger partial charge in [-0.25, -0.2) is 4.98 Å². The summed E-state index contributed by atoms with van der Waals surface area (Å²) in [5.41, 5.74) is 3.05. The van der Waals surface area contributed by atoms with Gasteiger partial charge in [-0.2, -0.15) is 0 Å². The Morgan fingerprint density at radius 1 is 1.20 bits per heavy atom. The molecule has 0 aliphatic heterocycles. The van der Waals surface area contributed by atoms with E-state index in [0.717, 1.165) is 21.1 Å². The lowest BCUT2D eigenvalue weighted by Crippen LogP contribution is -2.41. The first-order valence-electron chi connectivity index (χ1n) is 8.33. The van der Waals surface area contributed by atoms with E-state index in [9.17, 15) is 9.59 Å². The minimum atomic E-state index is -0.148. The van der Waals surface area contributed by atoms with E-state index in [1.807, 2.05) is 52.0 Å². The quantitative estimate of drug-likeness (QED) is 0.862. The highest BCUT2D eigenvalue weighted by molar-refractivity contribution is 7.12. The second-order valence-electron chi connectivity index (χ2n) is 6.52. The Bertz CT molecular complexity index is 751. The summed E-state index contributed by atoms with van der Waals surface area (Å²) in [4.78, 5) is 31.3. The number of carbonyl (C=O) groups excluding carboxylic acids is 2. The molecule has 0 aliphatic carbocycles. The van der Waals surface area contributed by atoms with Crippen molar-refractivity contribution in [3.8, 4) is 11.3 Å². The number of likely N-dealkylation sites (N-methyl/N-ethyl adjacent to an activating group) is 1. The second kappa shape index (κ2) is 8.25. The van der Waals surface area contributed by atoms with Crippen molar-refractivity contribution in [3.05, 3.63) is 39.7 Å². The number of hydrogen-bond acceptors (Lipinski definition) is 4. The number of nitrogens with one attached hydrogen (secondary N) is 1. The smallest absolute Gasteiger partial charge is 0.239 e. The minimum absolute atomic E-state index is 0.0632. The summed E-state index contributed by atoms with van der Waals surface area (Å²) in [6.45, 7) is 7.84. The Balaban J connectivity index is 2.10. The zero-order valence-electron chi connectivity index (χ0n) is 15.4. The highest BCUT2D eigenvalue weighted by Gasteiger charge is 2.19. The molecule has 0 saturated carbocycles. The van der Waals surface area contributed by atoms with Crippen LogP contribution in [0.3, 0.4) is 0 Å². The van der Waals surface area contributed by atoms with Gasteiger partial charge in [0.2, 0.25) is 11.8 Å². The number of aromatic nitrogens is 1. The summed E-state index contributed by atoms with van der Waals surface area (Å²) >= 11 is 1.53. The van der Waals surface area contributed by atoms with Crippen molar-refractivity contribution in [3.63, 3.8) is 0 Å². The SMILES string of the molecule is Cc1ccc(-c2nc(C)sc2CC(=O)N(C)CC(=O)NC(C)C)cc1. The van der Waals surface area contributed by atoms with Crippen molar-refractivity contribution in [1.29, 1.82) is 0 Å². The zero-order valence-corrected chi connectivity index (χ0v) is 16.2. The molecule has 0 unspecified atom stereocenters. The van der Waals surface area contributed by atoms with Crippen LogP contribution in [0.25, 0.3) is 11.3 Å². The highest BCUT2D eigenvalue weighted by Crippen LogP contribution is 2.29. The van der Waals surface area contributed by atoms with E-state index in [4.69, 9.17) is 0 Å². The molecule has 25 heavy (non-hydrogen) atoms. The molecule has 2 amide bonds. The number of hydrogen-bond donors (Lipinski definition) is 1. The van der Waals surface area contributed by atoms with Crippen molar-refractivity contribution in [2.45, 2.75) is 40.2 Å². The van der Waals surface area contributed by atoms with Crippen molar-refractivity contribution in [2.75, 3.05) is 13.6 Å². The zero-order chi connectivity index (χ0) is 18.6. The predicted octanol–water partition coefficient (Wildman–Crippen LogP) is 2.95. The van der Waals surface area contributed by atoms with Crippen LogP contribution in [0.1, 0.15) is 29.3 Å². The topological polar surface area (TPSA) is 62.3 Å². The summed E-state index contributed by atoms with van der Waals surface area (Å²) in [6, 6.07) is 8.19. The van der Waals surface area contributed by atoms with E-state index in [2.05, 4.69) is 10.3 Å². The van der Waals surface area contributed by atoms with Gasteiger partial charge >= 0.3 is 0 Å². The number of rotatable bonds is 6. The lowest BCUT2D eigenvalue weighted by molar-refractivity contribution is -0.134. The fourth-order valence-corrected chi connectivity index (χ4v) is 3.42. The van der Waals surface area contributed by atoms with Gasteiger partial charge in [-0.15, -0.1) is 11.3 Å². The van der Waals surface area contributed by atoms with Gasteiger partial charge < -0.3 is 10.2 Å². The number of thiazole rings is 1. The first-order chi connectivity index (χ1) is 11.8. The monoisotopic (exact) mass is 359 g/mol. The first-order valence-corrected chi connectivity index (χ1v) is 9.14. The standard InChI is InChI=1S/C19H25N3O2S/c1-12(2)20-17(23)11-22(5)18(24)10-16-19(21-14(4)25-16)15-8-6-13(3)7-9-15/h6-9,12H,10-11H2,1-5H3,(H,20,23). The van der Waals surface area contributed by atoms with Gasteiger partial charge in [0.05, 0.1) is 23.7 Å². The maximum atomic E-state index is 12.5. The Labute approximate surface area is 153 Å². The molecule has 1 N–H and O–H groups in total. The van der Waals surface area contributed by atoms with Gasteiger partial charge in [0.1, 0.15) is 0 Å². The molecule has 0 bridgehead atoms. The van der Waals surface area contributed by atoms with Crippen molar-refractivity contribution < 1.29 is 9.59 Å². The third-order valence-electron chi connectivity index (χ3n) is 3.70. The fourth-order valence-electron chi connectivity index (χ4n) is 2.47. The van der Waals surface area contributed by atoms with E-state index in [0.29, 0.717) is 0 Å². The Kier molecular flexibility index (Phi) is 6.31. The van der Waals surface area contributed by atoms with E-state index in [-0.39, 0.29) is 30.8 Å². The molecule has 0 spiro atoms. The summed E-state index contributed by atoms with van der Waals surface area (Å²) in [6.07, 6.45) is 0.250. The molecule has 0 saturated heterocycles. The second-order valence-corrected chi connectivity index (χ2v) is 7.81. The number of amides is 2. The average molecular weight is 359 g/mol. The van der Waals surface area contributed by atoms with Crippen LogP contribution < -0.4 is 5.32 Å². The molecule has 0 atom stereocenters. The third-order valence-corrected chi connectivity index (χ3v) is 4.67. The van der Waals surface area contributed by atoms with Crippen LogP contribution in [0.5, 0.6) is 0 Å². The number of aryl methyl sites for hydroxylation is 2. The molecule has 134 valence electrons. The summed E-state index contributed by atoms with van der Waals surface area (Å²) in [5.74, 6) is -0.235. The van der Waals surface area contributed by atoms with E-state index >= 15 is 0 Å². The Hall–Kier alpha value is -2.21. The van der Waals surface area contributed by atoms with Crippen molar-refractivity contribution in [1.82, 2.24) is 15.2 Å². The van der Waals surface area contributed by atoms with Gasteiger partial charge in [0.25, 0.3) is 0 Å². The van der Waals surface area contributed by atoms with Gasteiger partial charge in [-0.05, 0) is 27.7 Å². The summed E-state index contributed by atoms with van der Waals surface area (Å²) in [5, 5.41) is 3.73. The van der Waals surface area contributed by atoms with Gasteiger partial charge in [0.15, 0.2) is 0 Å². The van der Waals surface area contributed by atoms with Crippen LogP contribution >= 0.6 is 11.3 Å². The maximum absolute atomic E-state index is 12.5. The molecular formula is C19H25N3O2S. The van der Waals surface area contributed by atoms with E-state index in [1.54, 1.807) is 7.05 Å². The molecule has 2 rings (SSSR count). The molecule has 0 radical (unpaired) electrons. The number of benzene rings is 1. The minimum Gasteiger partial charge on any atom is -0.352 e. The molecule has 1 aromatic carbocycles. The van der Waals surface area contributed by atoms with Crippen LogP contribution in [-0.2, 0) is 16.0 Å². The largest absolute Gasteiger partial charge is 0.352 e. The molecular weight excluding hydrogens is 334 g/mol. The maximum Gasteiger partial charge on any atom is 0.239 e. The van der Waals surface area contributed by atoms with Crippen LogP contribution in [0.4, 0.5) is 0 Å². The molecule has 0 aliphatic rings. The van der Waals surface area contributed by atoms with Crippen molar-refractivity contribution >= 4 is 23.2 Å². The summed E-state index contributed by atoms with van der Waals surface area (Å²) < 4.78 is 0. The van der Waals surface area contributed by atoms with Gasteiger partial charge in [-0.1, -0.05) is 29.8 Å². The van der Waals surface area contributed by atoms with E-state index < -0.39 is 0 Å². The van der Waals surface area contributed by atoms with Gasteiger partial charge in [-0.3, -0.25) is 9.59 Å². The van der Waals surface area contributed by atoms with Crippen LogP contribution in [0, 0.1) is 13.8 Å². The molecule has 5 nitrogen and oxygen atoms in total. The van der Waals surface area contributed by atoms with Crippen LogP contribution in [0.15, 0.2) is 24.3 Å². The Morgan fingerprint density at radius 2 is 1.84 bits per heavy atom. The van der Waals surface area contributed by atoms with E-state index in [1.165, 1.54) is 21.8 Å². The highest BCUT2D eigenvalue weighted by atomic mass is 32.1. The normalized spacial score (nSPS) is 10.8. The molecule has 1 heterocycles. The lowest BCUT2D eigenvalue weighted by Gasteiger charge is -2.17. The molecule has 6 heteroatoms. The number of nitrogens with zero attached hydrogens (tertiary/aromatic N) is 2. The third kappa shape index (κ3) is 5.39. The molecule has 2 aromatic rings. The van der Waals surface area contributed by atoms with Crippen LogP contribution in [-0.4, -0.2) is 41.3 Å². The van der Waals surface area contributed by atoms with Crippen LogP contribution in [0.2, 0.25) is 0 Å². The van der Waals surface area contributed by atoms with Crippen molar-refractivity contribution in [2.24, 2.45) is 0 Å².